The van der Waals surface area contributed by atoms with Crippen molar-refractivity contribution >= 4 is 31.9 Å². The van der Waals surface area contributed by atoms with Crippen LogP contribution in [0.5, 0.6) is 0 Å². The van der Waals surface area contributed by atoms with Gasteiger partial charge in [-0.1, -0.05) is 15.9 Å². The molecule has 4 heteroatoms. The van der Waals surface area contributed by atoms with Crippen LogP contribution in [0, 0.1) is 0 Å². The SMILES string of the molecule is BrC1=CC(Br)=C2NC=CN2C1. The normalized spacial score (nSPS) is 21.6. The maximum absolute atomic E-state index is 3.46. The second-order valence-electron chi connectivity index (χ2n) is 2.38. The minimum atomic E-state index is 0.911. The fourth-order valence-corrected chi connectivity index (χ4v) is 2.54. The van der Waals surface area contributed by atoms with Gasteiger partial charge in [-0.15, -0.1) is 0 Å². The second kappa shape index (κ2) is 2.68. The number of nitrogens with one attached hydrogen (secondary N) is 1. The molecule has 0 radical (unpaired) electrons. The molecule has 2 rings (SSSR count). The summed E-state index contributed by atoms with van der Waals surface area (Å²) in [5.41, 5.74) is 0. The summed E-state index contributed by atoms with van der Waals surface area (Å²) in [5, 5.41) is 3.14. The van der Waals surface area contributed by atoms with Gasteiger partial charge in [0.2, 0.25) is 0 Å². The van der Waals surface area contributed by atoms with Gasteiger partial charge in [0.15, 0.2) is 0 Å². The van der Waals surface area contributed by atoms with Crippen molar-refractivity contribution < 1.29 is 0 Å². The molecule has 0 amide bonds. The molecule has 0 aromatic heterocycles. The summed E-state index contributed by atoms with van der Waals surface area (Å²) in [6, 6.07) is 0. The Morgan fingerprint density at radius 3 is 3.09 bits per heavy atom. The Morgan fingerprint density at radius 2 is 2.27 bits per heavy atom. The number of hydrogen-bond acceptors (Lipinski definition) is 2. The van der Waals surface area contributed by atoms with Crippen LogP contribution in [0.1, 0.15) is 0 Å². The molecule has 2 aliphatic heterocycles. The maximum atomic E-state index is 3.46. The largest absolute Gasteiger partial charge is 0.346 e. The summed E-state index contributed by atoms with van der Waals surface area (Å²) >= 11 is 6.92. The van der Waals surface area contributed by atoms with E-state index in [2.05, 4.69) is 48.2 Å². The van der Waals surface area contributed by atoms with E-state index in [4.69, 9.17) is 0 Å². The molecule has 1 N–H and O–H groups in total. The number of rotatable bonds is 0. The van der Waals surface area contributed by atoms with Crippen molar-refractivity contribution in [3.63, 3.8) is 0 Å². The summed E-state index contributed by atoms with van der Waals surface area (Å²) in [4.78, 5) is 2.13. The lowest BCUT2D eigenvalue weighted by Crippen LogP contribution is -2.23. The van der Waals surface area contributed by atoms with E-state index in [-0.39, 0.29) is 0 Å². The predicted molar refractivity (Wildman–Crippen MR) is 51.9 cm³/mol. The van der Waals surface area contributed by atoms with Crippen LogP contribution >= 0.6 is 31.9 Å². The fourth-order valence-electron chi connectivity index (χ4n) is 1.12. The highest BCUT2D eigenvalue weighted by molar-refractivity contribution is 9.12. The van der Waals surface area contributed by atoms with E-state index in [0.717, 1.165) is 16.8 Å². The first kappa shape index (κ1) is 7.43. The van der Waals surface area contributed by atoms with Crippen LogP contribution in [0.25, 0.3) is 0 Å². The van der Waals surface area contributed by atoms with Gasteiger partial charge < -0.3 is 10.2 Å². The molecule has 0 unspecified atom stereocenters. The van der Waals surface area contributed by atoms with E-state index in [0.29, 0.717) is 0 Å². The minimum Gasteiger partial charge on any atom is -0.346 e. The van der Waals surface area contributed by atoms with Crippen LogP contribution < -0.4 is 5.32 Å². The van der Waals surface area contributed by atoms with Crippen molar-refractivity contribution in [3.05, 3.63) is 33.3 Å². The Bertz CT molecular complexity index is 278. The molecule has 2 heterocycles. The van der Waals surface area contributed by atoms with Crippen molar-refractivity contribution in [3.8, 4) is 0 Å². The quantitative estimate of drug-likeness (QED) is 0.731. The molecule has 0 atom stereocenters. The number of fused-ring (bicyclic) bond motifs is 1. The summed E-state index contributed by atoms with van der Waals surface area (Å²) in [6.07, 6.45) is 6.01. The zero-order chi connectivity index (χ0) is 7.84. The van der Waals surface area contributed by atoms with E-state index < -0.39 is 0 Å². The van der Waals surface area contributed by atoms with Crippen LogP contribution in [-0.2, 0) is 0 Å². The smallest absolute Gasteiger partial charge is 0.124 e. The predicted octanol–water partition coefficient (Wildman–Crippen LogP) is 2.22. The van der Waals surface area contributed by atoms with Crippen LogP contribution in [0.4, 0.5) is 0 Å². The van der Waals surface area contributed by atoms with E-state index in [1.54, 1.807) is 0 Å². The molecule has 2 aliphatic rings. The third-order valence-electron chi connectivity index (χ3n) is 1.59. The fraction of sp³-hybridized carbons (Fsp3) is 0.143. The highest BCUT2D eigenvalue weighted by atomic mass is 79.9. The van der Waals surface area contributed by atoms with E-state index >= 15 is 0 Å². The molecule has 0 saturated carbocycles. The second-order valence-corrected chi connectivity index (χ2v) is 4.25. The maximum Gasteiger partial charge on any atom is 0.124 e. The molecule has 0 aromatic rings. The van der Waals surface area contributed by atoms with Crippen LogP contribution in [0.15, 0.2) is 33.3 Å². The van der Waals surface area contributed by atoms with Gasteiger partial charge in [-0.25, -0.2) is 0 Å². The molecule has 0 spiro atoms. The highest BCUT2D eigenvalue weighted by Crippen LogP contribution is 2.28. The van der Waals surface area contributed by atoms with Crippen molar-refractivity contribution in [2.24, 2.45) is 0 Å². The zero-order valence-electron chi connectivity index (χ0n) is 5.64. The molecule has 0 bridgehead atoms. The summed E-state index contributed by atoms with van der Waals surface area (Å²) < 4.78 is 2.27. The minimum absolute atomic E-state index is 0.911. The standard InChI is InChI=1S/C7H6Br2N2/c8-5-3-6(9)7-10-1-2-11(7)4-5/h1-3,10H,4H2. The Morgan fingerprint density at radius 1 is 1.45 bits per heavy atom. The van der Waals surface area contributed by atoms with Gasteiger partial charge in [0.25, 0.3) is 0 Å². The highest BCUT2D eigenvalue weighted by Gasteiger charge is 2.18. The molecular weight excluding hydrogens is 272 g/mol. The Hall–Kier alpha value is -0.220. The average Bonchev–Trinajstić information content (AvgIpc) is 2.34. The molecule has 11 heavy (non-hydrogen) atoms. The van der Waals surface area contributed by atoms with Crippen molar-refractivity contribution in [2.45, 2.75) is 0 Å². The van der Waals surface area contributed by atoms with Crippen molar-refractivity contribution in [1.82, 2.24) is 10.2 Å². The summed E-state index contributed by atoms with van der Waals surface area (Å²) in [6.45, 7) is 0.911. The molecule has 0 aliphatic carbocycles. The van der Waals surface area contributed by atoms with E-state index in [1.807, 2.05) is 12.4 Å². The lowest BCUT2D eigenvalue weighted by atomic mass is 10.3. The zero-order valence-corrected chi connectivity index (χ0v) is 8.81. The van der Waals surface area contributed by atoms with Gasteiger partial charge in [-0.2, -0.15) is 0 Å². The third-order valence-corrected chi connectivity index (χ3v) is 2.68. The van der Waals surface area contributed by atoms with Gasteiger partial charge in [-0.3, -0.25) is 0 Å². The van der Waals surface area contributed by atoms with Crippen LogP contribution in [0.2, 0.25) is 0 Å². The monoisotopic (exact) mass is 276 g/mol. The third kappa shape index (κ3) is 1.25. The van der Waals surface area contributed by atoms with Crippen LogP contribution in [0.3, 0.4) is 0 Å². The van der Waals surface area contributed by atoms with Gasteiger partial charge in [0, 0.05) is 16.9 Å². The van der Waals surface area contributed by atoms with Crippen LogP contribution in [-0.4, -0.2) is 11.4 Å². The van der Waals surface area contributed by atoms with Gasteiger partial charge >= 0.3 is 0 Å². The first-order chi connectivity index (χ1) is 5.27. The molecular formula is C7H6Br2N2. The number of allylic oxidation sites excluding steroid dienone is 2. The Labute approximate surface area is 81.9 Å². The molecule has 58 valence electrons. The molecule has 2 nitrogen and oxygen atoms in total. The van der Waals surface area contributed by atoms with Gasteiger partial charge in [0.05, 0.1) is 11.0 Å². The van der Waals surface area contributed by atoms with Gasteiger partial charge in [-0.05, 0) is 22.0 Å². The summed E-state index contributed by atoms with van der Waals surface area (Å²) in [7, 11) is 0. The molecule has 0 fully saturated rings. The lowest BCUT2D eigenvalue weighted by molar-refractivity contribution is 0.508. The molecule has 0 aromatic carbocycles. The Balaban J connectivity index is 2.39. The van der Waals surface area contributed by atoms with Gasteiger partial charge in [0.1, 0.15) is 5.82 Å². The first-order valence-corrected chi connectivity index (χ1v) is 4.81. The van der Waals surface area contributed by atoms with E-state index in [1.165, 1.54) is 4.48 Å². The molecule has 0 saturated heterocycles. The van der Waals surface area contributed by atoms with Crippen molar-refractivity contribution in [1.29, 1.82) is 0 Å². The number of nitrogens with zero attached hydrogens (tertiary/aromatic N) is 1. The lowest BCUT2D eigenvalue weighted by Gasteiger charge is -2.22. The topological polar surface area (TPSA) is 15.3 Å². The first-order valence-electron chi connectivity index (χ1n) is 3.23. The number of halogens is 2. The Kier molecular flexibility index (Phi) is 1.81. The van der Waals surface area contributed by atoms with Crippen molar-refractivity contribution in [2.75, 3.05) is 6.54 Å². The average molecular weight is 278 g/mol. The van der Waals surface area contributed by atoms with E-state index in [9.17, 15) is 0 Å². The summed E-state index contributed by atoms with van der Waals surface area (Å²) in [5.74, 6) is 1.12. The number of hydrogen-bond donors (Lipinski definition) is 1.